The van der Waals surface area contributed by atoms with E-state index in [0.29, 0.717) is 5.92 Å². The van der Waals surface area contributed by atoms with E-state index in [2.05, 4.69) is 27.4 Å². The molecular formula is C13H20N4O2. The number of aromatic nitrogens is 3. The second kappa shape index (κ2) is 5.28. The Balaban J connectivity index is 1.60. The maximum Gasteiger partial charge on any atom is 0.291 e. The van der Waals surface area contributed by atoms with Gasteiger partial charge in [-0.1, -0.05) is 6.92 Å². The number of H-pyrrole nitrogens is 1. The van der Waals surface area contributed by atoms with Crippen molar-refractivity contribution in [2.45, 2.75) is 51.2 Å². The van der Waals surface area contributed by atoms with Crippen molar-refractivity contribution in [1.82, 2.24) is 20.5 Å². The third-order valence-electron chi connectivity index (χ3n) is 3.76. The number of aryl methyl sites for hydroxylation is 1. The van der Waals surface area contributed by atoms with Gasteiger partial charge < -0.3 is 10.1 Å². The highest BCUT2D eigenvalue weighted by atomic mass is 16.5. The Morgan fingerprint density at radius 3 is 3.05 bits per heavy atom. The smallest absolute Gasteiger partial charge is 0.291 e. The summed E-state index contributed by atoms with van der Waals surface area (Å²) in [5.74, 6) is 1.45. The van der Waals surface area contributed by atoms with Crippen LogP contribution >= 0.6 is 0 Å². The first-order valence-electron chi connectivity index (χ1n) is 7.11. The molecule has 1 aromatic heterocycles. The summed E-state index contributed by atoms with van der Waals surface area (Å²) in [4.78, 5) is 16.3. The number of carbonyl (C=O) groups is 1. The van der Waals surface area contributed by atoms with E-state index in [4.69, 9.17) is 4.74 Å². The van der Waals surface area contributed by atoms with Gasteiger partial charge in [0.1, 0.15) is 5.82 Å². The number of ether oxygens (including phenoxy) is 1. The van der Waals surface area contributed by atoms with Crippen LogP contribution in [0.1, 0.15) is 49.1 Å². The number of aromatic amines is 1. The number of nitrogens with one attached hydrogen (secondary N) is 2. The van der Waals surface area contributed by atoms with Crippen molar-refractivity contribution in [3.63, 3.8) is 0 Å². The highest BCUT2D eigenvalue weighted by Crippen LogP contribution is 2.38. The highest BCUT2D eigenvalue weighted by Gasteiger charge is 2.41. The van der Waals surface area contributed by atoms with Crippen molar-refractivity contribution in [2.75, 3.05) is 6.61 Å². The maximum atomic E-state index is 12.1. The van der Waals surface area contributed by atoms with E-state index in [0.717, 1.165) is 31.7 Å². The molecule has 0 spiro atoms. The van der Waals surface area contributed by atoms with Gasteiger partial charge in [-0.25, -0.2) is 4.98 Å². The predicted molar refractivity (Wildman–Crippen MR) is 68.7 cm³/mol. The van der Waals surface area contributed by atoms with Crippen LogP contribution in [0, 0.1) is 5.92 Å². The van der Waals surface area contributed by atoms with Crippen molar-refractivity contribution >= 4 is 5.91 Å². The summed E-state index contributed by atoms with van der Waals surface area (Å²) in [6.45, 7) is 2.81. The Morgan fingerprint density at radius 1 is 1.47 bits per heavy atom. The molecule has 1 amide bonds. The van der Waals surface area contributed by atoms with Crippen molar-refractivity contribution in [3.8, 4) is 0 Å². The second-order valence-corrected chi connectivity index (χ2v) is 5.40. The van der Waals surface area contributed by atoms with E-state index >= 15 is 0 Å². The molecule has 0 aromatic carbocycles. The molecule has 2 unspecified atom stereocenters. The van der Waals surface area contributed by atoms with Gasteiger partial charge in [-0.15, -0.1) is 5.10 Å². The molecule has 2 aliphatic rings. The van der Waals surface area contributed by atoms with Gasteiger partial charge in [0.05, 0.1) is 12.1 Å². The SMILES string of the molecule is CCCc1nc(C(=O)NC2CCOC2C2CC2)n[nH]1. The molecule has 1 aromatic rings. The average Bonchev–Trinajstić information content (AvgIpc) is 2.96. The largest absolute Gasteiger partial charge is 0.376 e. The Bertz CT molecular complexity index is 455. The molecule has 3 rings (SSSR count). The van der Waals surface area contributed by atoms with Crippen LogP contribution in [0.2, 0.25) is 0 Å². The fourth-order valence-corrected chi connectivity index (χ4v) is 2.63. The first kappa shape index (κ1) is 12.6. The van der Waals surface area contributed by atoms with Gasteiger partial charge in [0.25, 0.3) is 5.91 Å². The first-order chi connectivity index (χ1) is 9.28. The Morgan fingerprint density at radius 2 is 2.32 bits per heavy atom. The van der Waals surface area contributed by atoms with E-state index in [9.17, 15) is 4.79 Å². The average molecular weight is 264 g/mol. The molecule has 2 heterocycles. The van der Waals surface area contributed by atoms with Gasteiger partial charge in [-0.05, 0) is 31.6 Å². The lowest BCUT2D eigenvalue weighted by molar-refractivity contribution is 0.0725. The van der Waals surface area contributed by atoms with Crippen LogP contribution in [0.15, 0.2) is 0 Å². The molecular weight excluding hydrogens is 244 g/mol. The van der Waals surface area contributed by atoms with Crippen LogP contribution in [0.25, 0.3) is 0 Å². The van der Waals surface area contributed by atoms with Crippen LogP contribution in [-0.2, 0) is 11.2 Å². The lowest BCUT2D eigenvalue weighted by Gasteiger charge is -2.18. The molecule has 0 bridgehead atoms. The van der Waals surface area contributed by atoms with Crippen LogP contribution in [0.3, 0.4) is 0 Å². The Kier molecular flexibility index (Phi) is 3.50. The minimum absolute atomic E-state index is 0.119. The zero-order valence-electron chi connectivity index (χ0n) is 11.2. The van der Waals surface area contributed by atoms with E-state index in [-0.39, 0.29) is 23.9 Å². The quantitative estimate of drug-likeness (QED) is 0.833. The molecule has 2 fully saturated rings. The van der Waals surface area contributed by atoms with E-state index in [1.54, 1.807) is 0 Å². The van der Waals surface area contributed by atoms with E-state index in [1.165, 1.54) is 12.8 Å². The van der Waals surface area contributed by atoms with Crippen LogP contribution in [0.4, 0.5) is 0 Å². The predicted octanol–water partition coefficient (Wildman–Crippen LogP) is 1.05. The van der Waals surface area contributed by atoms with Crippen LogP contribution in [-0.4, -0.2) is 39.8 Å². The third-order valence-corrected chi connectivity index (χ3v) is 3.76. The Labute approximate surface area is 112 Å². The van der Waals surface area contributed by atoms with Gasteiger partial charge in [0, 0.05) is 13.0 Å². The summed E-state index contributed by atoms with van der Waals surface area (Å²) >= 11 is 0. The fourth-order valence-electron chi connectivity index (χ4n) is 2.63. The zero-order chi connectivity index (χ0) is 13.2. The number of nitrogens with zero attached hydrogens (tertiary/aromatic N) is 2. The van der Waals surface area contributed by atoms with E-state index < -0.39 is 0 Å². The molecule has 6 nitrogen and oxygen atoms in total. The van der Waals surface area contributed by atoms with Crippen molar-refractivity contribution in [3.05, 3.63) is 11.6 Å². The maximum absolute atomic E-state index is 12.1. The molecule has 1 saturated carbocycles. The van der Waals surface area contributed by atoms with Gasteiger partial charge >= 0.3 is 0 Å². The summed E-state index contributed by atoms with van der Waals surface area (Å²) in [6.07, 6.45) is 5.32. The second-order valence-electron chi connectivity index (χ2n) is 5.40. The highest BCUT2D eigenvalue weighted by molar-refractivity contribution is 5.90. The number of rotatable bonds is 5. The lowest BCUT2D eigenvalue weighted by Crippen LogP contribution is -2.41. The molecule has 1 aliphatic heterocycles. The number of hydrogen-bond acceptors (Lipinski definition) is 4. The molecule has 0 radical (unpaired) electrons. The molecule has 104 valence electrons. The molecule has 19 heavy (non-hydrogen) atoms. The molecule has 2 atom stereocenters. The van der Waals surface area contributed by atoms with E-state index in [1.807, 2.05) is 0 Å². The number of hydrogen-bond donors (Lipinski definition) is 2. The van der Waals surface area contributed by atoms with Gasteiger partial charge in [0.2, 0.25) is 5.82 Å². The monoisotopic (exact) mass is 264 g/mol. The summed E-state index contributed by atoms with van der Waals surface area (Å²) in [5.41, 5.74) is 0. The summed E-state index contributed by atoms with van der Waals surface area (Å²) in [7, 11) is 0. The third kappa shape index (κ3) is 2.78. The molecule has 6 heteroatoms. The summed E-state index contributed by atoms with van der Waals surface area (Å²) in [6, 6.07) is 0.119. The summed E-state index contributed by atoms with van der Waals surface area (Å²) < 4.78 is 5.71. The van der Waals surface area contributed by atoms with Crippen molar-refractivity contribution in [2.24, 2.45) is 5.92 Å². The molecule has 2 N–H and O–H groups in total. The minimum atomic E-state index is -0.195. The first-order valence-corrected chi connectivity index (χ1v) is 7.11. The van der Waals surface area contributed by atoms with Gasteiger partial charge in [0.15, 0.2) is 0 Å². The van der Waals surface area contributed by atoms with Crippen LogP contribution < -0.4 is 5.32 Å². The fraction of sp³-hybridized carbons (Fsp3) is 0.769. The van der Waals surface area contributed by atoms with Crippen molar-refractivity contribution in [1.29, 1.82) is 0 Å². The van der Waals surface area contributed by atoms with Crippen molar-refractivity contribution < 1.29 is 9.53 Å². The van der Waals surface area contributed by atoms with Gasteiger partial charge in [-0.3, -0.25) is 9.89 Å². The topological polar surface area (TPSA) is 79.9 Å². The molecule has 1 aliphatic carbocycles. The van der Waals surface area contributed by atoms with Crippen LogP contribution in [0.5, 0.6) is 0 Å². The normalized spacial score (nSPS) is 26.6. The zero-order valence-corrected chi connectivity index (χ0v) is 11.2. The standard InChI is InChI=1S/C13H20N4O2/c1-2-3-10-15-12(17-16-10)13(18)14-9-6-7-19-11(9)8-4-5-8/h8-9,11H,2-7H2,1H3,(H,14,18)(H,15,16,17). The lowest BCUT2D eigenvalue weighted by atomic mass is 10.1. The number of carbonyl (C=O) groups excluding carboxylic acids is 1. The minimum Gasteiger partial charge on any atom is -0.376 e. The van der Waals surface area contributed by atoms with Gasteiger partial charge in [-0.2, -0.15) is 0 Å². The molecule has 1 saturated heterocycles. The Hall–Kier alpha value is -1.43. The number of amides is 1. The summed E-state index contributed by atoms with van der Waals surface area (Å²) in [5, 5.41) is 9.79.